The average molecular weight is 388 g/mol. The van der Waals surface area contributed by atoms with Gasteiger partial charge in [0.15, 0.2) is 0 Å². The first-order valence-corrected chi connectivity index (χ1v) is 10.2. The smallest absolute Gasteiger partial charge is 0.264 e. The molecule has 144 valence electrons. The SMILES string of the molecule is Cc1noc(C)c1CN1CCC[C@H]1c1ccc(C(=O)N2CCNC(=O)C2)s1. The van der Waals surface area contributed by atoms with Crippen LogP contribution in [-0.4, -0.2) is 52.9 Å². The third kappa shape index (κ3) is 3.64. The number of rotatable bonds is 4. The summed E-state index contributed by atoms with van der Waals surface area (Å²) in [5.74, 6) is 0.743. The van der Waals surface area contributed by atoms with Crippen LogP contribution in [0.15, 0.2) is 16.7 Å². The molecule has 2 aromatic rings. The fraction of sp³-hybridized carbons (Fsp3) is 0.526. The number of hydrogen-bond donors (Lipinski definition) is 1. The number of aromatic nitrogens is 1. The molecule has 7 nitrogen and oxygen atoms in total. The summed E-state index contributed by atoms with van der Waals surface area (Å²) in [4.78, 5) is 30.3. The second-order valence-electron chi connectivity index (χ2n) is 7.21. The van der Waals surface area contributed by atoms with E-state index in [4.69, 9.17) is 4.52 Å². The number of thiophene rings is 1. The van der Waals surface area contributed by atoms with Crippen molar-refractivity contribution in [3.8, 4) is 0 Å². The minimum absolute atomic E-state index is 0.0450. The fourth-order valence-corrected chi connectivity index (χ4v) is 5.03. The quantitative estimate of drug-likeness (QED) is 0.869. The minimum atomic E-state index is -0.0900. The van der Waals surface area contributed by atoms with Crippen LogP contribution in [0.2, 0.25) is 0 Å². The first kappa shape index (κ1) is 18.2. The van der Waals surface area contributed by atoms with Crippen molar-refractivity contribution in [2.75, 3.05) is 26.2 Å². The van der Waals surface area contributed by atoms with Crippen LogP contribution in [-0.2, 0) is 11.3 Å². The Labute approximate surface area is 162 Å². The average Bonchev–Trinajstić information content (AvgIpc) is 3.38. The molecule has 27 heavy (non-hydrogen) atoms. The molecule has 0 spiro atoms. The Kier molecular flexibility index (Phi) is 5.01. The topological polar surface area (TPSA) is 78.7 Å². The molecule has 2 fully saturated rings. The molecule has 2 aliphatic rings. The Hall–Kier alpha value is -2.19. The van der Waals surface area contributed by atoms with Gasteiger partial charge in [-0.3, -0.25) is 14.5 Å². The monoisotopic (exact) mass is 388 g/mol. The highest BCUT2D eigenvalue weighted by molar-refractivity contribution is 7.14. The van der Waals surface area contributed by atoms with E-state index in [9.17, 15) is 9.59 Å². The maximum Gasteiger partial charge on any atom is 0.264 e. The van der Waals surface area contributed by atoms with Gasteiger partial charge in [0.1, 0.15) is 5.76 Å². The van der Waals surface area contributed by atoms with E-state index in [0.29, 0.717) is 24.0 Å². The molecule has 0 unspecified atom stereocenters. The fourth-order valence-electron chi connectivity index (χ4n) is 3.88. The summed E-state index contributed by atoms with van der Waals surface area (Å²) in [6.07, 6.45) is 2.23. The number of carbonyl (C=O) groups is 2. The number of hydrogen-bond acceptors (Lipinski definition) is 6. The van der Waals surface area contributed by atoms with Gasteiger partial charge in [-0.05, 0) is 45.4 Å². The Bertz CT molecular complexity index is 840. The minimum Gasteiger partial charge on any atom is -0.361 e. The summed E-state index contributed by atoms with van der Waals surface area (Å²) in [5, 5.41) is 6.81. The zero-order valence-corrected chi connectivity index (χ0v) is 16.5. The van der Waals surface area contributed by atoms with Crippen molar-refractivity contribution in [2.45, 2.75) is 39.3 Å². The molecule has 0 aliphatic carbocycles. The lowest BCUT2D eigenvalue weighted by molar-refractivity contribution is -0.123. The van der Waals surface area contributed by atoms with Gasteiger partial charge < -0.3 is 14.7 Å². The number of nitrogens with zero attached hydrogens (tertiary/aromatic N) is 3. The molecule has 2 aromatic heterocycles. The highest BCUT2D eigenvalue weighted by Gasteiger charge is 2.30. The Morgan fingerprint density at radius 3 is 2.96 bits per heavy atom. The number of amides is 2. The Balaban J connectivity index is 1.48. The maximum atomic E-state index is 12.7. The lowest BCUT2D eigenvalue weighted by atomic mass is 10.1. The maximum absolute atomic E-state index is 12.7. The van der Waals surface area contributed by atoms with E-state index in [1.54, 1.807) is 16.2 Å². The van der Waals surface area contributed by atoms with Gasteiger partial charge >= 0.3 is 0 Å². The standard InChI is InChI=1S/C19H24N4O3S/c1-12-14(13(2)26-21-12)10-22-8-3-4-15(22)16-5-6-17(27-16)19(25)23-9-7-20-18(24)11-23/h5-6,15H,3-4,7-11H2,1-2H3,(H,20,24)/t15-/m0/s1. The van der Waals surface area contributed by atoms with E-state index in [0.717, 1.165) is 42.9 Å². The van der Waals surface area contributed by atoms with Crippen molar-refractivity contribution in [1.82, 2.24) is 20.3 Å². The number of nitrogens with one attached hydrogen (secondary N) is 1. The van der Waals surface area contributed by atoms with Gasteiger partial charge in [-0.25, -0.2) is 0 Å². The summed E-state index contributed by atoms with van der Waals surface area (Å²) in [5.41, 5.74) is 2.11. The van der Waals surface area contributed by atoms with Crippen LogP contribution in [0.3, 0.4) is 0 Å². The van der Waals surface area contributed by atoms with Gasteiger partial charge in [-0.1, -0.05) is 5.16 Å². The molecule has 2 saturated heterocycles. The van der Waals surface area contributed by atoms with Crippen LogP contribution < -0.4 is 5.32 Å². The molecule has 0 aromatic carbocycles. The normalized spacial score (nSPS) is 20.9. The summed E-state index contributed by atoms with van der Waals surface area (Å²) in [6, 6.07) is 4.29. The van der Waals surface area contributed by atoms with Crippen molar-refractivity contribution in [3.05, 3.63) is 38.9 Å². The summed E-state index contributed by atoms with van der Waals surface area (Å²) >= 11 is 1.55. The number of likely N-dealkylation sites (tertiary alicyclic amines) is 1. The molecule has 0 radical (unpaired) electrons. The molecule has 4 heterocycles. The molecule has 2 aliphatic heterocycles. The van der Waals surface area contributed by atoms with Crippen molar-refractivity contribution in [2.24, 2.45) is 0 Å². The zero-order valence-electron chi connectivity index (χ0n) is 15.7. The number of carbonyl (C=O) groups excluding carboxylic acids is 2. The number of aryl methyl sites for hydroxylation is 2. The van der Waals surface area contributed by atoms with Gasteiger partial charge in [0.05, 0.1) is 17.1 Å². The van der Waals surface area contributed by atoms with Crippen molar-refractivity contribution in [1.29, 1.82) is 0 Å². The van der Waals surface area contributed by atoms with Crippen LogP contribution in [0, 0.1) is 13.8 Å². The Morgan fingerprint density at radius 1 is 1.37 bits per heavy atom. The Morgan fingerprint density at radius 2 is 2.22 bits per heavy atom. The molecule has 8 heteroatoms. The lowest BCUT2D eigenvalue weighted by Crippen LogP contribution is -2.49. The summed E-state index contributed by atoms with van der Waals surface area (Å²) < 4.78 is 5.30. The first-order chi connectivity index (χ1) is 13.0. The third-order valence-electron chi connectivity index (χ3n) is 5.40. The molecular weight excluding hydrogens is 364 g/mol. The van der Waals surface area contributed by atoms with Gasteiger partial charge in [0, 0.05) is 36.1 Å². The van der Waals surface area contributed by atoms with Crippen LogP contribution in [0.25, 0.3) is 0 Å². The predicted molar refractivity (Wildman–Crippen MR) is 102 cm³/mol. The van der Waals surface area contributed by atoms with Gasteiger partial charge in [-0.2, -0.15) is 0 Å². The largest absolute Gasteiger partial charge is 0.361 e. The van der Waals surface area contributed by atoms with Crippen LogP contribution >= 0.6 is 11.3 Å². The molecule has 1 N–H and O–H groups in total. The van der Waals surface area contributed by atoms with Gasteiger partial charge in [0.2, 0.25) is 5.91 Å². The lowest BCUT2D eigenvalue weighted by Gasteiger charge is -2.26. The van der Waals surface area contributed by atoms with E-state index in [1.165, 1.54) is 4.88 Å². The number of piperazine rings is 1. The molecule has 1 atom stereocenters. The van der Waals surface area contributed by atoms with E-state index in [2.05, 4.69) is 21.4 Å². The predicted octanol–water partition coefficient (Wildman–Crippen LogP) is 2.26. The summed E-state index contributed by atoms with van der Waals surface area (Å²) in [6.45, 7) is 7.02. The van der Waals surface area contributed by atoms with Gasteiger partial charge in [-0.15, -0.1) is 11.3 Å². The van der Waals surface area contributed by atoms with Crippen molar-refractivity contribution >= 4 is 23.2 Å². The second-order valence-corrected chi connectivity index (χ2v) is 8.33. The molecule has 4 rings (SSSR count). The van der Waals surface area contributed by atoms with E-state index >= 15 is 0 Å². The van der Waals surface area contributed by atoms with Crippen molar-refractivity contribution < 1.29 is 14.1 Å². The van der Waals surface area contributed by atoms with E-state index < -0.39 is 0 Å². The van der Waals surface area contributed by atoms with Gasteiger partial charge in [0.25, 0.3) is 5.91 Å². The zero-order chi connectivity index (χ0) is 19.0. The van der Waals surface area contributed by atoms with Crippen molar-refractivity contribution in [3.63, 3.8) is 0 Å². The molecular formula is C19H24N4O3S. The molecule has 0 saturated carbocycles. The highest BCUT2D eigenvalue weighted by atomic mass is 32.1. The summed E-state index contributed by atoms with van der Waals surface area (Å²) in [7, 11) is 0. The highest BCUT2D eigenvalue weighted by Crippen LogP contribution is 2.37. The van der Waals surface area contributed by atoms with Crippen LogP contribution in [0.1, 0.15) is 50.4 Å². The molecule has 0 bridgehead atoms. The molecule has 2 amide bonds. The second kappa shape index (κ2) is 7.44. The first-order valence-electron chi connectivity index (χ1n) is 9.34. The van der Waals surface area contributed by atoms with Crippen LogP contribution in [0.5, 0.6) is 0 Å². The van der Waals surface area contributed by atoms with Crippen LogP contribution in [0.4, 0.5) is 0 Å². The van der Waals surface area contributed by atoms with E-state index in [1.807, 2.05) is 19.9 Å². The van der Waals surface area contributed by atoms with E-state index in [-0.39, 0.29) is 18.4 Å². The third-order valence-corrected chi connectivity index (χ3v) is 6.57.